The molecule has 0 aliphatic carbocycles. The Labute approximate surface area is 207 Å². The molecule has 0 radical (unpaired) electrons. The van der Waals surface area contributed by atoms with Gasteiger partial charge >= 0.3 is 0 Å². The van der Waals surface area contributed by atoms with Crippen molar-refractivity contribution in [2.75, 3.05) is 49.1 Å². The Bertz CT molecular complexity index is 1200. The highest BCUT2D eigenvalue weighted by Gasteiger charge is 2.40. The fourth-order valence-electron chi connectivity index (χ4n) is 5.46. The first-order chi connectivity index (χ1) is 16.9. The average molecular weight is 497 g/mol. The van der Waals surface area contributed by atoms with Gasteiger partial charge in [-0.1, -0.05) is 24.6 Å². The number of amides is 2. The Morgan fingerprint density at radius 2 is 1.54 bits per heavy atom. The van der Waals surface area contributed by atoms with Gasteiger partial charge in [0.05, 0.1) is 4.90 Å². The van der Waals surface area contributed by atoms with Crippen molar-refractivity contribution < 1.29 is 18.0 Å². The van der Waals surface area contributed by atoms with Crippen LogP contribution in [0.1, 0.15) is 31.7 Å². The lowest BCUT2D eigenvalue weighted by atomic mass is 10.1. The molecule has 0 aromatic heterocycles. The highest BCUT2D eigenvalue weighted by atomic mass is 32.2. The number of carbonyl (C=O) groups excluding carboxylic acids is 2. The van der Waals surface area contributed by atoms with E-state index in [1.165, 1.54) is 6.92 Å². The predicted octanol–water partition coefficient (Wildman–Crippen LogP) is 2.49. The fourth-order valence-corrected chi connectivity index (χ4v) is 7.03. The van der Waals surface area contributed by atoms with Gasteiger partial charge < -0.3 is 9.80 Å². The number of carbonyl (C=O) groups is 2. The van der Waals surface area contributed by atoms with Crippen molar-refractivity contribution in [1.29, 1.82) is 0 Å². The monoisotopic (exact) mass is 496 g/mol. The number of piperazine rings is 1. The molecule has 2 saturated heterocycles. The average Bonchev–Trinajstić information content (AvgIpc) is 3.28. The van der Waals surface area contributed by atoms with Gasteiger partial charge in [0.25, 0.3) is 0 Å². The number of fused-ring (bicyclic) bond motifs is 1. The molecule has 186 valence electrons. The zero-order chi connectivity index (χ0) is 24.6. The SMILES string of the molecule is CC(=O)N1c2ccc(S(=O)(=O)N3CCCCC3)cc2C[C@H]1C(=O)N1CCN(c2ccccc2)CC1. The van der Waals surface area contributed by atoms with Crippen molar-refractivity contribution in [2.45, 2.75) is 43.5 Å². The van der Waals surface area contributed by atoms with Crippen molar-refractivity contribution in [3.63, 3.8) is 0 Å². The van der Waals surface area contributed by atoms with Gasteiger partial charge in [0, 0.05) is 64.0 Å². The molecule has 9 heteroatoms. The summed E-state index contributed by atoms with van der Waals surface area (Å²) in [5, 5.41) is 0. The summed E-state index contributed by atoms with van der Waals surface area (Å²) in [7, 11) is -3.58. The molecular formula is C26H32N4O4S. The summed E-state index contributed by atoms with van der Waals surface area (Å²) in [5.74, 6) is -0.291. The third-order valence-corrected chi connectivity index (χ3v) is 9.22. The van der Waals surface area contributed by atoms with E-state index >= 15 is 0 Å². The molecule has 2 aromatic carbocycles. The second kappa shape index (κ2) is 9.62. The van der Waals surface area contributed by atoms with Crippen molar-refractivity contribution in [1.82, 2.24) is 9.21 Å². The van der Waals surface area contributed by atoms with E-state index in [4.69, 9.17) is 0 Å². The first-order valence-electron chi connectivity index (χ1n) is 12.4. The van der Waals surface area contributed by atoms with E-state index in [-0.39, 0.29) is 16.7 Å². The summed E-state index contributed by atoms with van der Waals surface area (Å²) in [6.45, 7) is 5.16. The third kappa shape index (κ3) is 4.54. The summed E-state index contributed by atoms with van der Waals surface area (Å²) in [4.78, 5) is 32.0. The van der Waals surface area contributed by atoms with E-state index < -0.39 is 16.1 Å². The highest BCUT2D eigenvalue weighted by molar-refractivity contribution is 7.89. The summed E-state index contributed by atoms with van der Waals surface area (Å²) < 4.78 is 27.9. The quantitative estimate of drug-likeness (QED) is 0.650. The minimum absolute atomic E-state index is 0.0791. The minimum atomic E-state index is -3.58. The Balaban J connectivity index is 1.33. The van der Waals surface area contributed by atoms with Crippen LogP contribution < -0.4 is 9.80 Å². The molecule has 0 bridgehead atoms. The van der Waals surface area contributed by atoms with Crippen molar-refractivity contribution in [2.24, 2.45) is 0 Å². The van der Waals surface area contributed by atoms with Gasteiger partial charge in [-0.3, -0.25) is 14.5 Å². The second-order valence-electron chi connectivity index (χ2n) is 9.51. The molecule has 2 aromatic rings. The van der Waals surface area contributed by atoms with Crippen LogP contribution in [0.25, 0.3) is 0 Å². The maximum Gasteiger partial charge on any atom is 0.246 e. The number of anilines is 2. The normalized spacial score (nSPS) is 21.2. The lowest BCUT2D eigenvalue weighted by Gasteiger charge is -2.38. The predicted molar refractivity (Wildman–Crippen MR) is 135 cm³/mol. The van der Waals surface area contributed by atoms with Crippen LogP contribution in [0.4, 0.5) is 11.4 Å². The Morgan fingerprint density at radius 3 is 2.20 bits per heavy atom. The molecule has 0 spiro atoms. The number of hydrogen-bond acceptors (Lipinski definition) is 5. The number of rotatable bonds is 4. The maximum atomic E-state index is 13.5. The van der Waals surface area contributed by atoms with Gasteiger partial charge in [-0.15, -0.1) is 0 Å². The molecule has 3 heterocycles. The Hall–Kier alpha value is -2.91. The molecular weight excluding hydrogens is 464 g/mol. The van der Waals surface area contributed by atoms with Gasteiger partial charge in [0.2, 0.25) is 21.8 Å². The Morgan fingerprint density at radius 1 is 0.857 bits per heavy atom. The maximum absolute atomic E-state index is 13.5. The van der Waals surface area contributed by atoms with E-state index in [1.54, 1.807) is 27.4 Å². The lowest BCUT2D eigenvalue weighted by Crippen LogP contribution is -2.55. The highest BCUT2D eigenvalue weighted by Crippen LogP contribution is 2.36. The zero-order valence-corrected chi connectivity index (χ0v) is 20.9. The van der Waals surface area contributed by atoms with Gasteiger partial charge in [-0.05, 0) is 48.7 Å². The smallest absolute Gasteiger partial charge is 0.246 e. The number of para-hydroxylation sites is 1. The van der Waals surface area contributed by atoms with Gasteiger partial charge in [0.1, 0.15) is 6.04 Å². The molecule has 2 amide bonds. The fraction of sp³-hybridized carbons (Fsp3) is 0.462. The third-order valence-electron chi connectivity index (χ3n) is 7.33. The van der Waals surface area contributed by atoms with Gasteiger partial charge in [-0.2, -0.15) is 4.31 Å². The summed E-state index contributed by atoms with van der Waals surface area (Å²) in [5.41, 5.74) is 2.51. The number of benzene rings is 2. The number of nitrogens with zero attached hydrogens (tertiary/aromatic N) is 4. The van der Waals surface area contributed by atoms with E-state index in [9.17, 15) is 18.0 Å². The van der Waals surface area contributed by atoms with E-state index in [0.29, 0.717) is 38.3 Å². The number of piperidine rings is 1. The van der Waals surface area contributed by atoms with E-state index in [2.05, 4.69) is 17.0 Å². The molecule has 0 saturated carbocycles. The first kappa shape index (κ1) is 23.8. The lowest BCUT2D eigenvalue weighted by molar-refractivity contribution is -0.134. The largest absolute Gasteiger partial charge is 0.368 e. The van der Waals surface area contributed by atoms with Crippen molar-refractivity contribution in [3.8, 4) is 0 Å². The molecule has 5 rings (SSSR count). The first-order valence-corrected chi connectivity index (χ1v) is 13.8. The molecule has 1 atom stereocenters. The molecule has 3 aliphatic rings. The second-order valence-corrected chi connectivity index (χ2v) is 11.5. The Kier molecular flexibility index (Phi) is 6.55. The summed E-state index contributed by atoms with van der Waals surface area (Å²) in [6.07, 6.45) is 3.12. The van der Waals surface area contributed by atoms with Crippen LogP contribution >= 0.6 is 0 Å². The molecule has 3 aliphatic heterocycles. The van der Waals surface area contributed by atoms with Crippen molar-refractivity contribution in [3.05, 3.63) is 54.1 Å². The molecule has 2 fully saturated rings. The summed E-state index contributed by atoms with van der Waals surface area (Å²) in [6, 6.07) is 14.4. The van der Waals surface area contributed by atoms with Crippen LogP contribution in [0, 0.1) is 0 Å². The standard InChI is InChI=1S/C26H32N4O4S/c1-20(31)30-24-11-10-23(35(33,34)29-12-6-3-7-13-29)18-21(24)19-25(30)26(32)28-16-14-27(15-17-28)22-8-4-2-5-9-22/h2,4-5,8-11,18,25H,3,6-7,12-17,19H2,1H3/t25-/m0/s1. The summed E-state index contributed by atoms with van der Waals surface area (Å²) >= 11 is 0. The zero-order valence-electron chi connectivity index (χ0n) is 20.1. The van der Waals surface area contributed by atoms with Gasteiger partial charge in [-0.25, -0.2) is 8.42 Å². The molecule has 0 unspecified atom stereocenters. The van der Waals surface area contributed by atoms with Crippen LogP contribution in [-0.4, -0.2) is 74.7 Å². The molecule has 8 nitrogen and oxygen atoms in total. The van der Waals surface area contributed by atoms with E-state index in [1.807, 2.05) is 23.1 Å². The van der Waals surface area contributed by atoms with Crippen molar-refractivity contribution >= 4 is 33.2 Å². The number of hydrogen-bond donors (Lipinski definition) is 0. The van der Waals surface area contributed by atoms with Crippen LogP contribution in [0.5, 0.6) is 0 Å². The minimum Gasteiger partial charge on any atom is -0.368 e. The topological polar surface area (TPSA) is 81.2 Å². The number of sulfonamides is 1. The van der Waals surface area contributed by atoms with Crippen LogP contribution in [0.15, 0.2) is 53.4 Å². The van der Waals surface area contributed by atoms with Crippen LogP contribution in [-0.2, 0) is 26.0 Å². The van der Waals surface area contributed by atoms with Crippen LogP contribution in [0.2, 0.25) is 0 Å². The van der Waals surface area contributed by atoms with E-state index in [0.717, 1.165) is 43.6 Å². The van der Waals surface area contributed by atoms with Gasteiger partial charge in [0.15, 0.2) is 0 Å². The van der Waals surface area contributed by atoms with Crippen LogP contribution in [0.3, 0.4) is 0 Å². The molecule has 35 heavy (non-hydrogen) atoms. The molecule has 0 N–H and O–H groups in total.